The molecule has 0 unspecified atom stereocenters. The fraction of sp³-hybridized carbons (Fsp3) is 0.294. The van der Waals surface area contributed by atoms with Gasteiger partial charge in [0.1, 0.15) is 5.82 Å². The molecule has 0 aliphatic heterocycles. The van der Waals surface area contributed by atoms with Crippen LogP contribution < -0.4 is 5.32 Å². The maximum absolute atomic E-state index is 13.0. The minimum Gasteiger partial charge on any atom is -0.381 e. The summed E-state index contributed by atoms with van der Waals surface area (Å²) in [4.78, 5) is 0. The highest BCUT2D eigenvalue weighted by Gasteiger charge is 2.01. The largest absolute Gasteiger partial charge is 0.381 e. The highest BCUT2D eigenvalue weighted by atomic mass is 19.1. The van der Waals surface area contributed by atoms with Gasteiger partial charge in [0.2, 0.25) is 0 Å². The number of aryl methyl sites for hydroxylation is 1. The third-order valence-electron chi connectivity index (χ3n) is 3.32. The summed E-state index contributed by atoms with van der Waals surface area (Å²) in [5.41, 5.74) is 4.49. The Morgan fingerprint density at radius 1 is 1.05 bits per heavy atom. The molecule has 0 fully saturated rings. The summed E-state index contributed by atoms with van der Waals surface area (Å²) < 4.78 is 13.0. The molecule has 0 aliphatic carbocycles. The minimum atomic E-state index is -0.190. The SMILES string of the molecule is Cc1cc(F)ccc1NCc1ccc(C(C)C)cc1. The van der Waals surface area contributed by atoms with Crippen LogP contribution in [0.25, 0.3) is 0 Å². The summed E-state index contributed by atoms with van der Waals surface area (Å²) in [6.45, 7) is 7.04. The molecule has 0 saturated carbocycles. The van der Waals surface area contributed by atoms with E-state index in [0.717, 1.165) is 17.8 Å². The zero-order chi connectivity index (χ0) is 13.8. The van der Waals surface area contributed by atoms with Crippen LogP contribution in [0.15, 0.2) is 42.5 Å². The molecular weight excluding hydrogens is 237 g/mol. The van der Waals surface area contributed by atoms with E-state index in [1.807, 2.05) is 6.92 Å². The average molecular weight is 257 g/mol. The lowest BCUT2D eigenvalue weighted by Gasteiger charge is -2.11. The van der Waals surface area contributed by atoms with Gasteiger partial charge in [0.05, 0.1) is 0 Å². The summed E-state index contributed by atoms with van der Waals surface area (Å²) >= 11 is 0. The number of rotatable bonds is 4. The van der Waals surface area contributed by atoms with Crippen LogP contribution in [-0.2, 0) is 6.54 Å². The third-order valence-corrected chi connectivity index (χ3v) is 3.32. The Kier molecular flexibility index (Phi) is 4.20. The standard InChI is InChI=1S/C17H20FN/c1-12(2)15-6-4-14(5-7-15)11-19-17-9-8-16(18)10-13(17)3/h4-10,12,19H,11H2,1-3H3. The van der Waals surface area contributed by atoms with E-state index in [4.69, 9.17) is 0 Å². The van der Waals surface area contributed by atoms with E-state index in [0.29, 0.717) is 5.92 Å². The number of benzene rings is 2. The number of hydrogen-bond acceptors (Lipinski definition) is 1. The van der Waals surface area contributed by atoms with Gasteiger partial charge in [0.15, 0.2) is 0 Å². The molecule has 2 heteroatoms. The van der Waals surface area contributed by atoms with Gasteiger partial charge in [-0.25, -0.2) is 4.39 Å². The van der Waals surface area contributed by atoms with E-state index in [9.17, 15) is 4.39 Å². The Morgan fingerprint density at radius 2 is 1.74 bits per heavy atom. The van der Waals surface area contributed by atoms with Gasteiger partial charge in [-0.15, -0.1) is 0 Å². The van der Waals surface area contributed by atoms with Crippen molar-refractivity contribution in [1.29, 1.82) is 0 Å². The second-order valence-corrected chi connectivity index (χ2v) is 5.21. The second-order valence-electron chi connectivity index (χ2n) is 5.21. The molecule has 2 rings (SSSR count). The molecule has 0 spiro atoms. The predicted molar refractivity (Wildman–Crippen MR) is 79.0 cm³/mol. The van der Waals surface area contributed by atoms with Crippen molar-refractivity contribution in [2.24, 2.45) is 0 Å². The number of anilines is 1. The topological polar surface area (TPSA) is 12.0 Å². The summed E-state index contributed by atoms with van der Waals surface area (Å²) in [5.74, 6) is 0.366. The van der Waals surface area contributed by atoms with Crippen molar-refractivity contribution >= 4 is 5.69 Å². The molecule has 2 aromatic carbocycles. The summed E-state index contributed by atoms with van der Waals surface area (Å²) in [6.07, 6.45) is 0. The molecule has 1 N–H and O–H groups in total. The van der Waals surface area contributed by atoms with Crippen molar-refractivity contribution in [2.75, 3.05) is 5.32 Å². The Labute approximate surface area is 114 Å². The summed E-state index contributed by atoms with van der Waals surface area (Å²) in [5, 5.41) is 3.34. The van der Waals surface area contributed by atoms with Crippen molar-refractivity contribution in [3.63, 3.8) is 0 Å². The van der Waals surface area contributed by atoms with Crippen molar-refractivity contribution in [1.82, 2.24) is 0 Å². The van der Waals surface area contributed by atoms with E-state index < -0.39 is 0 Å². The van der Waals surface area contributed by atoms with Gasteiger partial charge in [0.25, 0.3) is 0 Å². The Balaban J connectivity index is 2.02. The number of hydrogen-bond donors (Lipinski definition) is 1. The first-order valence-electron chi connectivity index (χ1n) is 6.65. The Hall–Kier alpha value is -1.83. The van der Waals surface area contributed by atoms with E-state index in [-0.39, 0.29) is 5.82 Å². The number of halogens is 1. The lowest BCUT2D eigenvalue weighted by atomic mass is 10.0. The Morgan fingerprint density at radius 3 is 2.32 bits per heavy atom. The fourth-order valence-electron chi connectivity index (χ4n) is 2.04. The zero-order valence-corrected chi connectivity index (χ0v) is 11.7. The molecule has 0 atom stereocenters. The normalized spacial score (nSPS) is 10.8. The second kappa shape index (κ2) is 5.87. The Bertz CT molecular complexity index is 544. The van der Waals surface area contributed by atoms with Gasteiger partial charge >= 0.3 is 0 Å². The van der Waals surface area contributed by atoms with Gasteiger partial charge in [-0.1, -0.05) is 38.1 Å². The highest BCUT2D eigenvalue weighted by Crippen LogP contribution is 2.18. The van der Waals surface area contributed by atoms with Gasteiger partial charge in [0, 0.05) is 12.2 Å². The number of nitrogens with one attached hydrogen (secondary N) is 1. The maximum Gasteiger partial charge on any atom is 0.123 e. The molecule has 0 heterocycles. The van der Waals surface area contributed by atoms with Gasteiger partial charge < -0.3 is 5.32 Å². The van der Waals surface area contributed by atoms with Crippen molar-refractivity contribution < 1.29 is 4.39 Å². The molecule has 0 bridgehead atoms. The van der Waals surface area contributed by atoms with Gasteiger partial charge in [-0.3, -0.25) is 0 Å². The lowest BCUT2D eigenvalue weighted by Crippen LogP contribution is -2.01. The van der Waals surface area contributed by atoms with E-state index in [2.05, 4.69) is 43.4 Å². The van der Waals surface area contributed by atoms with Crippen LogP contribution in [0.2, 0.25) is 0 Å². The molecule has 100 valence electrons. The quantitative estimate of drug-likeness (QED) is 0.824. The monoisotopic (exact) mass is 257 g/mol. The van der Waals surface area contributed by atoms with Crippen LogP contribution in [0.5, 0.6) is 0 Å². The third kappa shape index (κ3) is 3.57. The van der Waals surface area contributed by atoms with Gasteiger partial charge in [-0.05, 0) is 47.7 Å². The molecule has 2 aromatic rings. The van der Waals surface area contributed by atoms with Crippen LogP contribution in [-0.4, -0.2) is 0 Å². The first-order valence-corrected chi connectivity index (χ1v) is 6.65. The van der Waals surface area contributed by atoms with Crippen LogP contribution in [0, 0.1) is 12.7 Å². The zero-order valence-electron chi connectivity index (χ0n) is 11.7. The summed E-state index contributed by atoms with van der Waals surface area (Å²) in [6, 6.07) is 13.4. The van der Waals surface area contributed by atoms with Crippen molar-refractivity contribution in [2.45, 2.75) is 33.2 Å². The average Bonchev–Trinajstić information content (AvgIpc) is 2.38. The molecule has 0 aliphatic rings. The molecule has 0 amide bonds. The highest BCUT2D eigenvalue weighted by molar-refractivity contribution is 5.50. The first-order chi connectivity index (χ1) is 9.06. The smallest absolute Gasteiger partial charge is 0.123 e. The molecule has 0 radical (unpaired) electrons. The van der Waals surface area contributed by atoms with Crippen molar-refractivity contribution in [3.05, 3.63) is 65.0 Å². The minimum absolute atomic E-state index is 0.190. The van der Waals surface area contributed by atoms with Gasteiger partial charge in [-0.2, -0.15) is 0 Å². The van der Waals surface area contributed by atoms with Crippen LogP contribution >= 0.6 is 0 Å². The summed E-state index contributed by atoms with van der Waals surface area (Å²) in [7, 11) is 0. The first kappa shape index (κ1) is 13.6. The lowest BCUT2D eigenvalue weighted by molar-refractivity contribution is 0.627. The van der Waals surface area contributed by atoms with E-state index >= 15 is 0 Å². The predicted octanol–water partition coefficient (Wildman–Crippen LogP) is 4.87. The molecule has 1 nitrogen and oxygen atoms in total. The fourth-order valence-corrected chi connectivity index (χ4v) is 2.04. The van der Waals surface area contributed by atoms with Crippen LogP contribution in [0.3, 0.4) is 0 Å². The van der Waals surface area contributed by atoms with E-state index in [1.54, 1.807) is 12.1 Å². The molecule has 0 saturated heterocycles. The van der Waals surface area contributed by atoms with Crippen LogP contribution in [0.1, 0.15) is 36.5 Å². The molecular formula is C17H20FN. The maximum atomic E-state index is 13.0. The molecule has 19 heavy (non-hydrogen) atoms. The van der Waals surface area contributed by atoms with E-state index in [1.165, 1.54) is 17.2 Å². The molecule has 0 aromatic heterocycles. The van der Waals surface area contributed by atoms with Crippen molar-refractivity contribution in [3.8, 4) is 0 Å². The van der Waals surface area contributed by atoms with Crippen LogP contribution in [0.4, 0.5) is 10.1 Å².